The lowest BCUT2D eigenvalue weighted by atomic mass is 9.82. The molecule has 370 valence electrons. The molecule has 2 saturated heterocycles. The molecule has 2 aliphatic rings. The van der Waals surface area contributed by atoms with Crippen molar-refractivity contribution in [1.82, 2.24) is 0 Å². The molecule has 0 radical (unpaired) electrons. The number of aliphatic carboxylic acids is 1. The fourth-order valence-corrected chi connectivity index (χ4v) is 7.55. The maximum Gasteiger partial charge on any atom is 0.311 e. The highest BCUT2D eigenvalue weighted by Crippen LogP contribution is 2.38. The number of nitrogens with two attached hydrogens (primary N) is 1. The molecule has 0 aromatic rings. The van der Waals surface area contributed by atoms with Gasteiger partial charge < -0.3 is 86.0 Å². The smallest absolute Gasteiger partial charge is 0.311 e. The minimum absolute atomic E-state index is 0.0327. The molecule has 0 saturated carbocycles. The molecule has 0 aromatic carbocycles. The zero-order valence-corrected chi connectivity index (χ0v) is 37.7. The van der Waals surface area contributed by atoms with Crippen molar-refractivity contribution in [1.29, 1.82) is 0 Å². The summed E-state index contributed by atoms with van der Waals surface area (Å²) >= 11 is 0. The molecule has 0 bridgehead atoms. The topological polar surface area (TPSA) is 331 Å². The Morgan fingerprint density at radius 2 is 1.32 bits per heavy atom. The first-order valence-corrected chi connectivity index (χ1v) is 22.2. The van der Waals surface area contributed by atoms with Crippen LogP contribution in [-0.2, 0) is 23.8 Å². The number of carbonyl (C=O) groups is 2. The van der Waals surface area contributed by atoms with Crippen LogP contribution < -0.4 is 5.73 Å². The maximum atomic E-state index is 12.4. The molecule has 0 amide bonds. The van der Waals surface area contributed by atoms with Crippen molar-refractivity contribution in [2.75, 3.05) is 0 Å². The summed E-state index contributed by atoms with van der Waals surface area (Å²) < 4.78 is 17.6. The number of hydrogen-bond donors (Lipinski definition) is 13. The highest BCUT2D eigenvalue weighted by Gasteiger charge is 2.51. The van der Waals surface area contributed by atoms with Crippen molar-refractivity contribution < 1.29 is 85.1 Å². The number of carboxylic acid groups (broad SMARTS) is 1. The van der Waals surface area contributed by atoms with Gasteiger partial charge in [-0.25, -0.2) is 0 Å². The molecule has 18 nitrogen and oxygen atoms in total. The van der Waals surface area contributed by atoms with Crippen molar-refractivity contribution in [3.63, 3.8) is 0 Å². The molecule has 2 aliphatic heterocycles. The van der Waals surface area contributed by atoms with Gasteiger partial charge in [0, 0.05) is 43.9 Å². The maximum absolute atomic E-state index is 12.4. The van der Waals surface area contributed by atoms with Crippen LogP contribution in [0.25, 0.3) is 0 Å². The average Bonchev–Trinajstić information content (AvgIpc) is 3.22. The predicted molar refractivity (Wildman–Crippen MR) is 239 cm³/mol. The highest BCUT2D eigenvalue weighted by atomic mass is 16.7. The highest BCUT2D eigenvalue weighted by molar-refractivity contribution is 5.71. The Morgan fingerprint density at radius 3 is 1.86 bits per heavy atom. The van der Waals surface area contributed by atoms with E-state index >= 15 is 0 Å². The Kier molecular flexibility index (Phi) is 26.2. The van der Waals surface area contributed by atoms with Gasteiger partial charge in [-0.1, -0.05) is 98.9 Å². The molecular formula is C47H75NO17. The molecule has 0 aliphatic carbocycles. The van der Waals surface area contributed by atoms with Crippen molar-refractivity contribution in [3.8, 4) is 0 Å². The van der Waals surface area contributed by atoms with E-state index in [-0.39, 0.29) is 43.9 Å². The van der Waals surface area contributed by atoms with E-state index in [1.165, 1.54) is 13.0 Å². The molecule has 65 heavy (non-hydrogen) atoms. The van der Waals surface area contributed by atoms with Gasteiger partial charge in [-0.2, -0.15) is 0 Å². The van der Waals surface area contributed by atoms with E-state index in [1.54, 1.807) is 56.4 Å². The second kappa shape index (κ2) is 29.5. The van der Waals surface area contributed by atoms with Crippen molar-refractivity contribution >= 4 is 12.3 Å². The molecule has 14 N–H and O–H groups in total. The third-order valence-corrected chi connectivity index (χ3v) is 11.7. The Balaban J connectivity index is 2.15. The van der Waals surface area contributed by atoms with Gasteiger partial charge in [0.05, 0.1) is 79.3 Å². The second-order valence-corrected chi connectivity index (χ2v) is 17.3. The number of aliphatic hydroxyl groups excluding tert-OH is 10. The largest absolute Gasteiger partial charge is 0.481 e. The lowest BCUT2D eigenvalue weighted by molar-refractivity contribution is -0.308. The Bertz CT molecular complexity index is 1600. The van der Waals surface area contributed by atoms with Crippen LogP contribution in [0.2, 0.25) is 0 Å². The number of hydrogen-bond acceptors (Lipinski definition) is 17. The van der Waals surface area contributed by atoms with Gasteiger partial charge >= 0.3 is 5.97 Å². The van der Waals surface area contributed by atoms with Crippen molar-refractivity contribution in [2.45, 2.75) is 177 Å². The number of rotatable bonds is 28. The Hall–Kier alpha value is -3.28. The monoisotopic (exact) mass is 926 g/mol. The first-order valence-electron chi connectivity index (χ1n) is 22.2. The fourth-order valence-electron chi connectivity index (χ4n) is 7.55. The zero-order chi connectivity index (χ0) is 48.9. The number of allylic oxidation sites excluding steroid dienone is 12. The van der Waals surface area contributed by atoms with Crippen molar-refractivity contribution in [2.24, 2.45) is 23.5 Å². The molecule has 18 heteroatoms. The average molecular weight is 926 g/mol. The molecule has 0 aromatic heterocycles. The van der Waals surface area contributed by atoms with Crippen molar-refractivity contribution in [3.05, 3.63) is 85.1 Å². The van der Waals surface area contributed by atoms with Gasteiger partial charge in [-0.3, -0.25) is 4.79 Å². The Morgan fingerprint density at radius 1 is 0.769 bits per heavy atom. The van der Waals surface area contributed by atoms with Gasteiger partial charge in [0.25, 0.3) is 0 Å². The van der Waals surface area contributed by atoms with E-state index in [1.807, 2.05) is 43.4 Å². The zero-order valence-electron chi connectivity index (χ0n) is 37.7. The molecule has 0 spiro atoms. The summed E-state index contributed by atoms with van der Waals surface area (Å²) in [6.45, 7) is 6.85. The van der Waals surface area contributed by atoms with E-state index < -0.39 is 129 Å². The van der Waals surface area contributed by atoms with Gasteiger partial charge in [0.1, 0.15) is 18.3 Å². The lowest BCUT2D eigenvalue weighted by Crippen LogP contribution is -2.61. The third-order valence-electron chi connectivity index (χ3n) is 11.7. The van der Waals surface area contributed by atoms with E-state index in [0.29, 0.717) is 6.29 Å². The summed E-state index contributed by atoms with van der Waals surface area (Å²) in [5.41, 5.74) is 6.01. The quantitative estimate of drug-likeness (QED) is 0.0372. The van der Waals surface area contributed by atoms with Gasteiger partial charge in [0.15, 0.2) is 12.1 Å². The van der Waals surface area contributed by atoms with Crippen LogP contribution in [0, 0.1) is 17.8 Å². The van der Waals surface area contributed by atoms with Crippen LogP contribution >= 0.6 is 0 Å². The first kappa shape index (κ1) is 57.8. The van der Waals surface area contributed by atoms with Gasteiger partial charge in [0.2, 0.25) is 0 Å². The van der Waals surface area contributed by atoms with Crippen LogP contribution in [0.5, 0.6) is 0 Å². The Labute approximate surface area is 381 Å². The molecule has 19 atom stereocenters. The molecule has 2 fully saturated rings. The molecule has 19 unspecified atom stereocenters. The van der Waals surface area contributed by atoms with E-state index in [9.17, 15) is 70.9 Å². The minimum Gasteiger partial charge on any atom is -0.481 e. The summed E-state index contributed by atoms with van der Waals surface area (Å²) in [7, 11) is 0. The first-order chi connectivity index (χ1) is 30.6. The number of ether oxygens (including phenoxy) is 3. The van der Waals surface area contributed by atoms with Crippen LogP contribution in [0.4, 0.5) is 0 Å². The van der Waals surface area contributed by atoms with E-state index in [4.69, 9.17) is 19.9 Å². The van der Waals surface area contributed by atoms with Crippen LogP contribution in [0.3, 0.4) is 0 Å². The standard InChI is InChI=1S/C47H75NO17/c1-28(42(57)29(2)30(3)50)17-15-13-11-9-7-5-6-8-10-12-14-16-18-35(64-46-44(59)41(48)43(58)31(4)63-46)25-39-40(45(60)61)38(56)27-47(62,65-39)26-34(53)24-37(55)36(54)20-19-32(51)23-33(52)21-22-49/h5-18,22,28-44,46,50-59,62H,19-21,23-27,48H2,1-4H3,(H,60,61)/b6-5+,9-7+,10-8+,13-11+,14-12+,17-15+,18-16+. The minimum atomic E-state index is -2.32. The fraction of sp³-hybridized carbons (Fsp3) is 0.660. The van der Waals surface area contributed by atoms with Gasteiger partial charge in [-0.15, -0.1) is 0 Å². The summed E-state index contributed by atoms with van der Waals surface area (Å²) in [6.07, 6.45) is 5.39. The number of aldehydes is 1. The SMILES string of the molecule is CC(O)C(C)C(O)C(C)/C=C/C=C/C=C/C=C/C=C/C=C/C=C/C(CC1OC(O)(CC(O)CC(O)C(O)CCC(O)CC(O)CC=O)CC(O)C1C(=O)O)OC1OC(C)C(O)C(N)C1O. The molecular weight excluding hydrogens is 851 g/mol. The predicted octanol–water partition coefficient (Wildman–Crippen LogP) is 0.346. The number of carboxylic acids is 1. The van der Waals surface area contributed by atoms with Crippen LogP contribution in [0.15, 0.2) is 85.1 Å². The third kappa shape index (κ3) is 20.6. The number of carbonyl (C=O) groups excluding carboxylic acids is 1. The van der Waals surface area contributed by atoms with E-state index in [0.717, 1.165) is 0 Å². The second-order valence-electron chi connectivity index (χ2n) is 17.3. The van der Waals surface area contributed by atoms with E-state index in [2.05, 4.69) is 0 Å². The molecule has 2 heterocycles. The summed E-state index contributed by atoms with van der Waals surface area (Å²) in [5, 5.41) is 125. The molecule has 2 rings (SSSR count). The summed E-state index contributed by atoms with van der Waals surface area (Å²) in [4.78, 5) is 23.0. The summed E-state index contributed by atoms with van der Waals surface area (Å²) in [6, 6.07) is -1.15. The van der Waals surface area contributed by atoms with Crippen LogP contribution in [-0.4, -0.2) is 171 Å². The summed E-state index contributed by atoms with van der Waals surface area (Å²) in [5.74, 6) is -5.74. The lowest BCUT2D eigenvalue weighted by Gasteiger charge is -2.45. The van der Waals surface area contributed by atoms with Gasteiger partial charge in [-0.05, 0) is 33.1 Å². The van der Waals surface area contributed by atoms with Crippen LogP contribution in [0.1, 0.15) is 79.1 Å². The number of aliphatic hydroxyl groups is 11. The normalized spacial score (nSPS) is 31.8.